The lowest BCUT2D eigenvalue weighted by Gasteiger charge is -2.08. The minimum absolute atomic E-state index is 0.312. The maximum Gasteiger partial charge on any atom is 0.323 e. The van der Waals surface area contributed by atoms with Gasteiger partial charge in [-0.1, -0.05) is 11.6 Å². The van der Waals surface area contributed by atoms with E-state index < -0.39 is 12.0 Å². The molecule has 106 valence electrons. The fraction of sp³-hybridized carbons (Fsp3) is 0.267. The summed E-state index contributed by atoms with van der Waals surface area (Å²) in [6, 6.07) is 10.3. The number of hydrogen-bond donors (Lipinski definition) is 1. The molecule has 0 saturated heterocycles. The number of benzene rings is 1. The molecule has 0 amide bonds. The van der Waals surface area contributed by atoms with Crippen molar-refractivity contribution in [2.45, 2.75) is 19.4 Å². The number of nitrogens with two attached hydrogens (primary N) is 1. The number of hydrogen-bond acceptors (Lipinski definition) is 4. The highest BCUT2D eigenvalue weighted by atomic mass is 35.5. The van der Waals surface area contributed by atoms with Crippen LogP contribution in [0.4, 0.5) is 0 Å². The van der Waals surface area contributed by atoms with Crippen molar-refractivity contribution in [1.29, 1.82) is 0 Å². The van der Waals surface area contributed by atoms with E-state index in [1.54, 1.807) is 19.1 Å². The monoisotopic (exact) mass is 293 g/mol. The lowest BCUT2D eigenvalue weighted by Crippen LogP contribution is -2.34. The SMILES string of the molecule is CCOC(=O)C(N)Cc1ccc(-c2ccc(Cl)cc2)o1. The first kappa shape index (κ1) is 14.6. The van der Waals surface area contributed by atoms with Crippen molar-refractivity contribution in [3.8, 4) is 11.3 Å². The summed E-state index contributed by atoms with van der Waals surface area (Å²) in [5.41, 5.74) is 6.67. The van der Waals surface area contributed by atoms with Crippen molar-refractivity contribution in [3.63, 3.8) is 0 Å². The summed E-state index contributed by atoms with van der Waals surface area (Å²) in [5, 5.41) is 0.671. The molecule has 2 rings (SSSR count). The molecule has 2 N–H and O–H groups in total. The van der Waals surface area contributed by atoms with Crippen LogP contribution >= 0.6 is 11.6 Å². The largest absolute Gasteiger partial charge is 0.465 e. The van der Waals surface area contributed by atoms with Crippen LogP contribution in [0.1, 0.15) is 12.7 Å². The second kappa shape index (κ2) is 6.59. The molecule has 1 aromatic heterocycles. The predicted molar refractivity (Wildman–Crippen MR) is 77.5 cm³/mol. The third-order valence-electron chi connectivity index (χ3n) is 2.80. The van der Waals surface area contributed by atoms with Crippen LogP contribution < -0.4 is 5.73 Å². The van der Waals surface area contributed by atoms with E-state index in [0.29, 0.717) is 29.6 Å². The molecule has 1 atom stereocenters. The van der Waals surface area contributed by atoms with Crippen LogP contribution in [-0.2, 0) is 16.0 Å². The smallest absolute Gasteiger partial charge is 0.323 e. The lowest BCUT2D eigenvalue weighted by atomic mass is 10.2. The highest BCUT2D eigenvalue weighted by Crippen LogP contribution is 2.24. The molecule has 2 aromatic rings. The Kier molecular flexibility index (Phi) is 4.82. The molecule has 0 aliphatic carbocycles. The van der Waals surface area contributed by atoms with Crippen molar-refractivity contribution < 1.29 is 13.9 Å². The van der Waals surface area contributed by atoms with Gasteiger partial charge in [0.1, 0.15) is 17.6 Å². The van der Waals surface area contributed by atoms with Crippen LogP contribution in [0.3, 0.4) is 0 Å². The van der Waals surface area contributed by atoms with E-state index in [1.165, 1.54) is 0 Å². The normalized spacial score (nSPS) is 12.2. The number of halogens is 1. The molecular weight excluding hydrogens is 278 g/mol. The Labute approximate surface area is 122 Å². The summed E-state index contributed by atoms with van der Waals surface area (Å²) >= 11 is 5.84. The fourth-order valence-electron chi connectivity index (χ4n) is 1.81. The molecule has 1 heterocycles. The van der Waals surface area contributed by atoms with Crippen LogP contribution in [-0.4, -0.2) is 18.6 Å². The Bertz CT molecular complexity index is 577. The maximum atomic E-state index is 11.5. The van der Waals surface area contributed by atoms with Crippen molar-refractivity contribution in [2.75, 3.05) is 6.61 Å². The molecule has 0 bridgehead atoms. The van der Waals surface area contributed by atoms with E-state index in [2.05, 4.69) is 0 Å². The van der Waals surface area contributed by atoms with Gasteiger partial charge in [-0.15, -0.1) is 0 Å². The summed E-state index contributed by atoms with van der Waals surface area (Å²) in [6.45, 7) is 2.07. The quantitative estimate of drug-likeness (QED) is 0.861. The number of furan rings is 1. The molecular formula is C15H16ClNO3. The first-order valence-corrected chi connectivity index (χ1v) is 6.75. The average molecular weight is 294 g/mol. The fourth-order valence-corrected chi connectivity index (χ4v) is 1.93. The lowest BCUT2D eigenvalue weighted by molar-refractivity contribution is -0.144. The van der Waals surface area contributed by atoms with Gasteiger partial charge in [0.05, 0.1) is 6.61 Å². The van der Waals surface area contributed by atoms with E-state index in [4.69, 9.17) is 26.5 Å². The zero-order valence-electron chi connectivity index (χ0n) is 11.1. The van der Waals surface area contributed by atoms with Crippen molar-refractivity contribution >= 4 is 17.6 Å². The van der Waals surface area contributed by atoms with Gasteiger partial charge in [-0.25, -0.2) is 0 Å². The van der Waals surface area contributed by atoms with Gasteiger partial charge in [-0.05, 0) is 43.3 Å². The Hall–Kier alpha value is -1.78. The second-order valence-electron chi connectivity index (χ2n) is 4.34. The van der Waals surface area contributed by atoms with Gasteiger partial charge in [0.25, 0.3) is 0 Å². The summed E-state index contributed by atoms with van der Waals surface area (Å²) in [4.78, 5) is 11.5. The summed E-state index contributed by atoms with van der Waals surface area (Å²) in [7, 11) is 0. The molecule has 5 heteroatoms. The molecule has 0 saturated carbocycles. The first-order chi connectivity index (χ1) is 9.60. The Morgan fingerprint density at radius 2 is 2.00 bits per heavy atom. The van der Waals surface area contributed by atoms with Crippen LogP contribution in [0.5, 0.6) is 0 Å². The van der Waals surface area contributed by atoms with Gasteiger partial charge in [0, 0.05) is 17.0 Å². The Balaban J connectivity index is 2.05. The minimum Gasteiger partial charge on any atom is -0.465 e. The molecule has 0 aliphatic heterocycles. The number of rotatable bonds is 5. The Morgan fingerprint density at radius 1 is 1.30 bits per heavy atom. The third-order valence-corrected chi connectivity index (χ3v) is 3.05. The molecule has 0 radical (unpaired) electrons. The van der Waals surface area contributed by atoms with E-state index in [9.17, 15) is 4.79 Å². The standard InChI is InChI=1S/C15H16ClNO3/c1-2-19-15(18)13(17)9-12-7-8-14(20-12)10-3-5-11(16)6-4-10/h3-8,13H,2,9,17H2,1H3. The van der Waals surface area contributed by atoms with Crippen molar-refractivity contribution in [2.24, 2.45) is 5.73 Å². The second-order valence-corrected chi connectivity index (χ2v) is 4.77. The van der Waals surface area contributed by atoms with E-state index in [-0.39, 0.29) is 0 Å². The molecule has 0 aliphatic rings. The van der Waals surface area contributed by atoms with Gasteiger partial charge in [-0.2, -0.15) is 0 Å². The first-order valence-electron chi connectivity index (χ1n) is 6.37. The van der Waals surface area contributed by atoms with Crippen molar-refractivity contribution in [3.05, 3.63) is 47.2 Å². The van der Waals surface area contributed by atoms with Gasteiger partial charge >= 0.3 is 5.97 Å². The third kappa shape index (κ3) is 3.62. The van der Waals surface area contributed by atoms with E-state index in [0.717, 1.165) is 5.56 Å². The molecule has 0 spiro atoms. The number of ether oxygens (including phenoxy) is 1. The zero-order chi connectivity index (χ0) is 14.5. The van der Waals surface area contributed by atoms with Gasteiger partial charge in [0.2, 0.25) is 0 Å². The van der Waals surface area contributed by atoms with Crippen LogP contribution in [0.2, 0.25) is 5.02 Å². The van der Waals surface area contributed by atoms with Crippen molar-refractivity contribution in [1.82, 2.24) is 0 Å². The van der Waals surface area contributed by atoms with Gasteiger partial charge in [0.15, 0.2) is 0 Å². The number of carbonyl (C=O) groups excluding carboxylic acids is 1. The molecule has 0 fully saturated rings. The minimum atomic E-state index is -0.709. The highest BCUT2D eigenvalue weighted by Gasteiger charge is 2.17. The zero-order valence-corrected chi connectivity index (χ0v) is 11.9. The molecule has 20 heavy (non-hydrogen) atoms. The maximum absolute atomic E-state index is 11.5. The van der Waals surface area contributed by atoms with Crippen LogP contribution in [0.25, 0.3) is 11.3 Å². The van der Waals surface area contributed by atoms with E-state index >= 15 is 0 Å². The predicted octanol–water partition coefficient (Wildman–Crippen LogP) is 3.03. The van der Waals surface area contributed by atoms with Gasteiger partial charge < -0.3 is 14.9 Å². The van der Waals surface area contributed by atoms with Gasteiger partial charge in [-0.3, -0.25) is 4.79 Å². The highest BCUT2D eigenvalue weighted by molar-refractivity contribution is 6.30. The van der Waals surface area contributed by atoms with Crippen LogP contribution in [0, 0.1) is 0 Å². The number of carbonyl (C=O) groups is 1. The summed E-state index contributed by atoms with van der Waals surface area (Å²) in [5.74, 6) is 0.945. The topological polar surface area (TPSA) is 65.5 Å². The molecule has 1 unspecified atom stereocenters. The average Bonchev–Trinajstić information content (AvgIpc) is 2.88. The summed E-state index contributed by atoms with van der Waals surface area (Å²) < 4.78 is 10.5. The number of esters is 1. The Morgan fingerprint density at radius 3 is 2.65 bits per heavy atom. The molecule has 4 nitrogen and oxygen atoms in total. The van der Waals surface area contributed by atoms with E-state index in [1.807, 2.05) is 24.3 Å². The summed E-state index contributed by atoms with van der Waals surface area (Å²) in [6.07, 6.45) is 0.312. The molecule has 1 aromatic carbocycles. The van der Waals surface area contributed by atoms with Crippen LogP contribution in [0.15, 0.2) is 40.8 Å².